The Balaban J connectivity index is 1.19. The number of thioether (sulfide) groups is 1. The molecule has 1 atom stereocenters. The molecule has 0 aliphatic heterocycles. The number of alkyl halides is 3. The van der Waals surface area contributed by atoms with Crippen LogP contribution in [-0.4, -0.2) is 71.1 Å². The first-order chi connectivity index (χ1) is 26.8. The molecule has 296 valence electrons. The van der Waals surface area contributed by atoms with Crippen molar-refractivity contribution in [1.82, 2.24) is 14.9 Å². The minimum Gasteiger partial charge on any atom is -0.404 e. The van der Waals surface area contributed by atoms with Gasteiger partial charge >= 0.3 is 6.36 Å². The van der Waals surface area contributed by atoms with Gasteiger partial charge in [-0.15, -0.1) is 24.9 Å². The molecule has 0 unspecified atom stereocenters. The third-order valence-electron chi connectivity index (χ3n) is 8.46. The van der Waals surface area contributed by atoms with Gasteiger partial charge in [0.15, 0.2) is 5.75 Å². The number of ether oxygens (including phenoxy) is 1. The molecule has 5 aromatic rings. The van der Waals surface area contributed by atoms with Crippen LogP contribution in [0.5, 0.6) is 5.75 Å². The molecule has 1 amide bonds. The first kappa shape index (κ1) is 42.4. The molecule has 0 aromatic heterocycles. The van der Waals surface area contributed by atoms with E-state index in [-0.39, 0.29) is 17.3 Å². The molecule has 5 aromatic carbocycles. The lowest BCUT2D eigenvalue weighted by Crippen LogP contribution is -2.31. The predicted molar refractivity (Wildman–Crippen MR) is 219 cm³/mol. The van der Waals surface area contributed by atoms with E-state index in [1.165, 1.54) is 23.9 Å². The number of hydrogen-bond donors (Lipinski definition) is 4. The minimum absolute atomic E-state index is 0.0770. The van der Waals surface area contributed by atoms with E-state index in [0.717, 1.165) is 45.5 Å². The van der Waals surface area contributed by atoms with Crippen molar-refractivity contribution in [3.63, 3.8) is 0 Å². The first-order valence-corrected chi connectivity index (χ1v) is 20.5. The Morgan fingerprint density at radius 3 is 2.27 bits per heavy atom. The molecule has 0 spiro atoms. The van der Waals surface area contributed by atoms with Crippen molar-refractivity contribution in [3.8, 4) is 16.9 Å². The summed E-state index contributed by atoms with van der Waals surface area (Å²) < 4.78 is 73.3. The fourth-order valence-corrected chi connectivity index (χ4v) is 7.75. The molecule has 4 N–H and O–H groups in total. The van der Waals surface area contributed by atoms with E-state index in [9.17, 15) is 26.4 Å². The van der Waals surface area contributed by atoms with Gasteiger partial charge in [-0.2, -0.15) is 0 Å². The second kappa shape index (κ2) is 19.9. The molecule has 0 aliphatic rings. The molecule has 0 saturated heterocycles. The van der Waals surface area contributed by atoms with Gasteiger partial charge in [0, 0.05) is 52.6 Å². The molecule has 0 bridgehead atoms. The zero-order chi connectivity index (χ0) is 40.1. The van der Waals surface area contributed by atoms with Crippen molar-refractivity contribution in [1.29, 1.82) is 0 Å². The summed E-state index contributed by atoms with van der Waals surface area (Å²) in [7, 11) is -0.745. The molecule has 9 nitrogen and oxygen atoms in total. The number of carbonyl (C=O) groups is 1. The van der Waals surface area contributed by atoms with Gasteiger partial charge in [-0.05, 0) is 110 Å². The van der Waals surface area contributed by atoms with E-state index < -0.39 is 32.9 Å². The highest BCUT2D eigenvalue weighted by Crippen LogP contribution is 2.34. The van der Waals surface area contributed by atoms with Crippen LogP contribution in [0.1, 0.15) is 22.3 Å². The molecular weight excluding hydrogens is 783 g/mol. The lowest BCUT2D eigenvalue weighted by atomic mass is 10.00. The summed E-state index contributed by atoms with van der Waals surface area (Å²) >= 11 is 7.57. The number of halogens is 4. The van der Waals surface area contributed by atoms with E-state index in [0.29, 0.717) is 43.4 Å². The van der Waals surface area contributed by atoms with Crippen LogP contribution in [0.25, 0.3) is 11.1 Å². The van der Waals surface area contributed by atoms with Gasteiger partial charge in [0.25, 0.3) is 15.9 Å². The van der Waals surface area contributed by atoms with E-state index in [1.807, 2.05) is 90.4 Å². The number of carbonyl (C=O) groups excluding carboxylic acids is 1. The number of hydrogen-bond acceptors (Lipinski definition) is 9. The van der Waals surface area contributed by atoms with Crippen LogP contribution in [0.3, 0.4) is 0 Å². The van der Waals surface area contributed by atoms with Crippen molar-refractivity contribution in [3.05, 3.63) is 137 Å². The van der Waals surface area contributed by atoms with Crippen molar-refractivity contribution >= 4 is 50.7 Å². The highest BCUT2D eigenvalue weighted by Gasteiger charge is 2.33. The van der Waals surface area contributed by atoms with Gasteiger partial charge in [-0.1, -0.05) is 66.2 Å². The third kappa shape index (κ3) is 13.2. The lowest BCUT2D eigenvalue weighted by molar-refractivity contribution is -0.274. The van der Waals surface area contributed by atoms with Crippen molar-refractivity contribution in [2.75, 3.05) is 50.1 Å². The normalized spacial score (nSPS) is 12.3. The maximum atomic E-state index is 13.4. The van der Waals surface area contributed by atoms with E-state index in [2.05, 4.69) is 32.8 Å². The fourth-order valence-electron chi connectivity index (χ4n) is 5.63. The second-order valence-corrected chi connectivity index (χ2v) is 16.3. The van der Waals surface area contributed by atoms with Crippen LogP contribution in [0.4, 0.5) is 24.5 Å². The number of benzene rings is 5. The fraction of sp³-hybridized carbons (Fsp3) is 0.244. The molecule has 15 heteroatoms. The van der Waals surface area contributed by atoms with Gasteiger partial charge in [0.2, 0.25) is 0 Å². The average molecular weight is 826 g/mol. The van der Waals surface area contributed by atoms with Crippen molar-refractivity contribution in [2.45, 2.75) is 35.2 Å². The van der Waals surface area contributed by atoms with Crippen LogP contribution >= 0.6 is 23.4 Å². The molecule has 0 aliphatic carbocycles. The summed E-state index contributed by atoms with van der Waals surface area (Å²) in [6, 6.07) is 34.2. The van der Waals surface area contributed by atoms with E-state index in [4.69, 9.17) is 11.6 Å². The quantitative estimate of drug-likeness (QED) is 0.0480. The highest BCUT2D eigenvalue weighted by atomic mass is 35.5. The highest BCUT2D eigenvalue weighted by molar-refractivity contribution is 7.99. The predicted octanol–water partition coefficient (Wildman–Crippen LogP) is 8.75. The standard InChI is InChI=1S/C41H43ClF3N5O4S2/c1-50(2)25-22-34(28-55-35-9-4-3-5-10-35)48-38-26-36(20-21-39(38)54-41(43,44)45)56(52,53)49-40(51)30-14-18-33(19-15-30)47-24-23-46-27-31-8-6-7-11-37(31)29-12-16-32(42)17-13-29/h3-21,26,34,46-48H,22-25,27-28H2,1-2H3,(H,49,51)/t34-/m1/s1. The number of amides is 1. The molecule has 0 radical (unpaired) electrons. The lowest BCUT2D eigenvalue weighted by Gasteiger charge is -2.24. The molecule has 0 heterocycles. The largest absolute Gasteiger partial charge is 0.573 e. The van der Waals surface area contributed by atoms with Crippen LogP contribution in [-0.2, 0) is 16.6 Å². The number of nitrogens with zero attached hydrogens (tertiary/aromatic N) is 1. The van der Waals surface area contributed by atoms with Crippen molar-refractivity contribution < 1.29 is 31.1 Å². The smallest absolute Gasteiger partial charge is 0.404 e. The Morgan fingerprint density at radius 1 is 0.875 bits per heavy atom. The van der Waals surface area contributed by atoms with Gasteiger partial charge in [0.05, 0.1) is 10.6 Å². The Bertz CT molecular complexity index is 2140. The number of nitrogens with one attached hydrogen (secondary N) is 4. The van der Waals surface area contributed by atoms with Crippen LogP contribution < -0.4 is 25.4 Å². The topological polar surface area (TPSA) is 112 Å². The zero-order valence-corrected chi connectivity index (χ0v) is 33.2. The van der Waals surface area contributed by atoms with Gasteiger partial charge in [-0.25, -0.2) is 13.1 Å². The third-order valence-corrected chi connectivity index (χ3v) is 11.2. The molecule has 0 fully saturated rings. The van der Waals surface area contributed by atoms with Gasteiger partial charge in [-0.3, -0.25) is 4.79 Å². The molecule has 5 rings (SSSR count). The summed E-state index contributed by atoms with van der Waals surface area (Å²) in [6.07, 6.45) is -4.49. The number of sulfonamides is 1. The molecule has 56 heavy (non-hydrogen) atoms. The Hall–Kier alpha value is -4.73. The maximum absolute atomic E-state index is 13.4. The summed E-state index contributed by atoms with van der Waals surface area (Å²) in [6.45, 7) is 2.48. The number of rotatable bonds is 19. The van der Waals surface area contributed by atoms with Gasteiger partial charge < -0.3 is 25.6 Å². The molecular formula is C41H43ClF3N5O4S2. The van der Waals surface area contributed by atoms with Crippen LogP contribution in [0.15, 0.2) is 131 Å². The Kier molecular flexibility index (Phi) is 15.1. The minimum atomic E-state index is -5.02. The monoisotopic (exact) mass is 825 g/mol. The summed E-state index contributed by atoms with van der Waals surface area (Å²) in [5.41, 5.74) is 3.95. The van der Waals surface area contributed by atoms with Crippen LogP contribution in [0.2, 0.25) is 5.02 Å². The second-order valence-electron chi connectivity index (χ2n) is 13.0. The Morgan fingerprint density at radius 2 is 1.57 bits per heavy atom. The van der Waals surface area contributed by atoms with E-state index in [1.54, 1.807) is 12.1 Å². The van der Waals surface area contributed by atoms with Crippen LogP contribution in [0, 0.1) is 0 Å². The Labute approximate surface area is 335 Å². The maximum Gasteiger partial charge on any atom is 0.573 e. The van der Waals surface area contributed by atoms with Crippen molar-refractivity contribution in [2.24, 2.45) is 0 Å². The molecule has 0 saturated carbocycles. The SMILES string of the molecule is CN(C)CC[C@H](CSc1ccccc1)Nc1cc(S(=O)(=O)NC(=O)c2ccc(NCCNCc3ccccc3-c3ccc(Cl)cc3)cc2)ccc1OC(F)(F)F. The van der Waals surface area contributed by atoms with Gasteiger partial charge in [0.1, 0.15) is 0 Å². The summed E-state index contributed by atoms with van der Waals surface area (Å²) in [5.74, 6) is -1.02. The first-order valence-electron chi connectivity index (χ1n) is 17.7. The summed E-state index contributed by atoms with van der Waals surface area (Å²) in [5, 5.41) is 10.5. The zero-order valence-electron chi connectivity index (χ0n) is 30.8. The summed E-state index contributed by atoms with van der Waals surface area (Å²) in [4.78, 5) is 15.6. The van der Waals surface area contributed by atoms with E-state index >= 15 is 0 Å². The number of anilines is 2. The average Bonchev–Trinajstić information content (AvgIpc) is 3.16.